The van der Waals surface area contributed by atoms with Crippen LogP contribution in [0.15, 0.2) is 18.2 Å². The fraction of sp³-hybridized carbons (Fsp3) is 0.529. The van der Waals surface area contributed by atoms with E-state index in [1.165, 1.54) is 11.2 Å². The Labute approximate surface area is 137 Å². The molecular formula is C17H26N4O2. The molecular weight excluding hydrogens is 292 g/mol. The average Bonchev–Trinajstić information content (AvgIpc) is 2.82. The molecule has 0 aliphatic carbocycles. The lowest BCUT2D eigenvalue weighted by Crippen LogP contribution is -2.44. The van der Waals surface area contributed by atoms with Crippen LogP contribution < -0.4 is 4.90 Å². The molecule has 0 bridgehead atoms. The van der Waals surface area contributed by atoms with Gasteiger partial charge >= 0.3 is 0 Å². The summed E-state index contributed by atoms with van der Waals surface area (Å²) in [7, 11) is 2.19. The number of rotatable bonds is 2. The highest BCUT2D eigenvalue weighted by Gasteiger charge is 2.18. The summed E-state index contributed by atoms with van der Waals surface area (Å²) >= 11 is 0. The standard InChI is InChI=1S/C15H22N4.C2H4O2/c1-4-19-12(2)16-15-13(6-5-7-14(15)19)18-10-8-17(3)9-11-18;1-2(3)4/h5-7H,4,8-11H2,1-3H3;1H3,(H,3,4). The minimum atomic E-state index is -0.833. The molecule has 1 aromatic carbocycles. The van der Waals surface area contributed by atoms with E-state index < -0.39 is 5.97 Å². The van der Waals surface area contributed by atoms with Crippen LogP contribution in [0.5, 0.6) is 0 Å². The summed E-state index contributed by atoms with van der Waals surface area (Å²) in [6, 6.07) is 6.54. The van der Waals surface area contributed by atoms with E-state index in [2.05, 4.69) is 53.5 Å². The number of imidazole rings is 1. The lowest BCUT2D eigenvalue weighted by molar-refractivity contribution is -0.134. The van der Waals surface area contributed by atoms with E-state index >= 15 is 0 Å². The van der Waals surface area contributed by atoms with E-state index in [4.69, 9.17) is 14.9 Å². The minimum absolute atomic E-state index is 0.833. The number of para-hydroxylation sites is 1. The molecule has 1 aliphatic heterocycles. The van der Waals surface area contributed by atoms with Crippen molar-refractivity contribution in [2.75, 3.05) is 38.1 Å². The summed E-state index contributed by atoms with van der Waals surface area (Å²) in [6.07, 6.45) is 0. The van der Waals surface area contributed by atoms with Gasteiger partial charge < -0.3 is 19.5 Å². The average molecular weight is 318 g/mol. The van der Waals surface area contributed by atoms with Crippen molar-refractivity contribution in [3.8, 4) is 0 Å². The molecule has 6 nitrogen and oxygen atoms in total. The highest BCUT2D eigenvalue weighted by atomic mass is 16.4. The van der Waals surface area contributed by atoms with Crippen LogP contribution in [-0.2, 0) is 11.3 Å². The van der Waals surface area contributed by atoms with Crippen molar-refractivity contribution >= 4 is 22.7 Å². The number of fused-ring (bicyclic) bond motifs is 1. The van der Waals surface area contributed by atoms with Crippen LogP contribution >= 0.6 is 0 Å². The van der Waals surface area contributed by atoms with Crippen LogP contribution in [0.4, 0.5) is 5.69 Å². The Hall–Kier alpha value is -2.08. The Bertz CT molecular complexity index is 669. The van der Waals surface area contributed by atoms with Crippen LogP contribution in [0.1, 0.15) is 19.7 Å². The predicted octanol–water partition coefficient (Wildman–Crippen LogP) is 2.21. The fourth-order valence-corrected chi connectivity index (χ4v) is 2.95. The number of aryl methyl sites for hydroxylation is 2. The molecule has 1 saturated heterocycles. The summed E-state index contributed by atoms with van der Waals surface area (Å²) in [5.41, 5.74) is 3.71. The fourth-order valence-electron chi connectivity index (χ4n) is 2.95. The molecule has 23 heavy (non-hydrogen) atoms. The van der Waals surface area contributed by atoms with Gasteiger partial charge in [-0.2, -0.15) is 0 Å². The number of hydrogen-bond donors (Lipinski definition) is 1. The first-order valence-electron chi connectivity index (χ1n) is 8.03. The van der Waals surface area contributed by atoms with Crippen LogP contribution in [0.25, 0.3) is 11.0 Å². The number of aromatic nitrogens is 2. The zero-order valence-electron chi connectivity index (χ0n) is 14.4. The first kappa shape index (κ1) is 17.3. The van der Waals surface area contributed by atoms with Gasteiger partial charge in [-0.1, -0.05) is 6.07 Å². The molecule has 6 heteroatoms. The first-order valence-corrected chi connectivity index (χ1v) is 8.03. The number of anilines is 1. The largest absolute Gasteiger partial charge is 0.481 e. The van der Waals surface area contributed by atoms with Crippen LogP contribution in [-0.4, -0.2) is 58.8 Å². The molecule has 1 aliphatic rings. The van der Waals surface area contributed by atoms with Gasteiger partial charge in [-0.3, -0.25) is 4.79 Å². The Morgan fingerprint density at radius 2 is 1.87 bits per heavy atom. The van der Waals surface area contributed by atoms with E-state index in [0.717, 1.165) is 51.0 Å². The van der Waals surface area contributed by atoms with E-state index in [1.807, 2.05) is 0 Å². The van der Waals surface area contributed by atoms with E-state index in [-0.39, 0.29) is 0 Å². The number of aliphatic carboxylic acids is 1. The summed E-state index contributed by atoms with van der Waals surface area (Å²) in [6.45, 7) is 10.8. The molecule has 0 unspecified atom stereocenters. The maximum Gasteiger partial charge on any atom is 0.300 e. The zero-order valence-corrected chi connectivity index (χ0v) is 14.4. The van der Waals surface area contributed by atoms with E-state index in [0.29, 0.717) is 0 Å². The molecule has 2 heterocycles. The third-order valence-electron chi connectivity index (χ3n) is 4.11. The Morgan fingerprint density at radius 3 is 2.43 bits per heavy atom. The quantitative estimate of drug-likeness (QED) is 0.920. The molecule has 0 amide bonds. The van der Waals surface area contributed by atoms with Crippen molar-refractivity contribution < 1.29 is 9.90 Å². The van der Waals surface area contributed by atoms with Gasteiger partial charge in [0, 0.05) is 39.6 Å². The second-order valence-electron chi connectivity index (χ2n) is 5.86. The number of piperazine rings is 1. The second-order valence-corrected chi connectivity index (χ2v) is 5.86. The zero-order chi connectivity index (χ0) is 17.0. The molecule has 0 atom stereocenters. The van der Waals surface area contributed by atoms with Crippen molar-refractivity contribution in [1.82, 2.24) is 14.5 Å². The summed E-state index contributed by atoms with van der Waals surface area (Å²) < 4.78 is 2.29. The molecule has 1 aromatic heterocycles. The second kappa shape index (κ2) is 7.46. The third kappa shape index (κ3) is 4.01. The Balaban J connectivity index is 0.000000433. The lowest BCUT2D eigenvalue weighted by Gasteiger charge is -2.34. The first-order chi connectivity index (χ1) is 10.9. The smallest absolute Gasteiger partial charge is 0.300 e. The normalized spacial score (nSPS) is 15.4. The number of likely N-dealkylation sites (N-methyl/N-ethyl adjacent to an activating group) is 1. The maximum atomic E-state index is 9.00. The van der Waals surface area contributed by atoms with Gasteiger partial charge in [-0.25, -0.2) is 4.98 Å². The van der Waals surface area contributed by atoms with Gasteiger partial charge in [0.1, 0.15) is 11.3 Å². The van der Waals surface area contributed by atoms with Gasteiger partial charge in [0.2, 0.25) is 0 Å². The number of carboxylic acids is 1. The summed E-state index contributed by atoms with van der Waals surface area (Å²) in [4.78, 5) is 18.6. The SMILES string of the molecule is CC(=O)O.CCn1c(C)nc2c(N3CCN(C)CC3)cccc21. The number of carboxylic acid groups (broad SMARTS) is 1. The molecule has 126 valence electrons. The van der Waals surface area contributed by atoms with Crippen molar-refractivity contribution in [2.24, 2.45) is 0 Å². The monoisotopic (exact) mass is 318 g/mol. The topological polar surface area (TPSA) is 61.6 Å². The molecule has 1 fully saturated rings. The van der Waals surface area contributed by atoms with Crippen LogP contribution in [0.3, 0.4) is 0 Å². The van der Waals surface area contributed by atoms with Gasteiger partial charge in [-0.15, -0.1) is 0 Å². The third-order valence-corrected chi connectivity index (χ3v) is 4.11. The summed E-state index contributed by atoms with van der Waals surface area (Å²) in [5, 5.41) is 7.42. The van der Waals surface area contributed by atoms with Gasteiger partial charge in [0.05, 0.1) is 11.2 Å². The molecule has 0 saturated carbocycles. The highest BCUT2D eigenvalue weighted by Crippen LogP contribution is 2.27. The number of benzene rings is 1. The lowest BCUT2D eigenvalue weighted by atomic mass is 10.2. The van der Waals surface area contributed by atoms with E-state index in [9.17, 15) is 0 Å². The number of nitrogens with zero attached hydrogens (tertiary/aromatic N) is 4. The molecule has 0 spiro atoms. The van der Waals surface area contributed by atoms with Gasteiger partial charge in [0.25, 0.3) is 5.97 Å². The molecule has 0 radical (unpaired) electrons. The molecule has 1 N–H and O–H groups in total. The van der Waals surface area contributed by atoms with Crippen molar-refractivity contribution in [1.29, 1.82) is 0 Å². The number of hydrogen-bond acceptors (Lipinski definition) is 4. The van der Waals surface area contributed by atoms with Crippen molar-refractivity contribution in [2.45, 2.75) is 27.3 Å². The van der Waals surface area contributed by atoms with Gasteiger partial charge in [-0.05, 0) is 33.0 Å². The van der Waals surface area contributed by atoms with E-state index in [1.54, 1.807) is 0 Å². The summed E-state index contributed by atoms with van der Waals surface area (Å²) in [5.74, 6) is 0.277. The highest BCUT2D eigenvalue weighted by molar-refractivity contribution is 5.89. The molecule has 3 rings (SSSR count). The minimum Gasteiger partial charge on any atom is -0.481 e. The maximum absolute atomic E-state index is 9.00. The molecule has 2 aromatic rings. The Morgan fingerprint density at radius 1 is 1.26 bits per heavy atom. The van der Waals surface area contributed by atoms with Crippen LogP contribution in [0, 0.1) is 6.92 Å². The van der Waals surface area contributed by atoms with Crippen LogP contribution in [0.2, 0.25) is 0 Å². The van der Waals surface area contributed by atoms with Crippen molar-refractivity contribution in [3.05, 3.63) is 24.0 Å². The predicted molar refractivity (Wildman–Crippen MR) is 93.2 cm³/mol. The van der Waals surface area contributed by atoms with Gasteiger partial charge in [0.15, 0.2) is 0 Å². The van der Waals surface area contributed by atoms with Crippen molar-refractivity contribution in [3.63, 3.8) is 0 Å². The number of carbonyl (C=O) groups is 1. The Kier molecular flexibility index (Phi) is 5.60.